The molecule has 1 atom stereocenters. The van der Waals surface area contributed by atoms with Crippen molar-refractivity contribution in [3.8, 4) is 0 Å². The number of hydrogen-bond donors (Lipinski definition) is 4. The van der Waals surface area contributed by atoms with E-state index in [0.717, 1.165) is 18.7 Å². The van der Waals surface area contributed by atoms with Crippen molar-refractivity contribution in [2.24, 2.45) is 0 Å². The summed E-state index contributed by atoms with van der Waals surface area (Å²) < 4.78 is 21.1. The highest BCUT2D eigenvalue weighted by molar-refractivity contribution is 5.84. The fourth-order valence-corrected chi connectivity index (χ4v) is 5.91. The molecule has 10 nitrogen and oxygen atoms in total. The van der Waals surface area contributed by atoms with E-state index in [-0.39, 0.29) is 48.2 Å². The van der Waals surface area contributed by atoms with Crippen molar-refractivity contribution in [2.45, 2.75) is 83.7 Å². The van der Waals surface area contributed by atoms with Crippen molar-refractivity contribution < 1.29 is 33.7 Å². The molecule has 2 aromatic carbocycles. The number of carbonyl (C=O) groups is 3. The molecule has 0 aromatic heterocycles. The molecular formula is C31H43FN4O6. The van der Waals surface area contributed by atoms with Crippen LogP contribution in [0.2, 0.25) is 0 Å². The highest BCUT2D eigenvalue weighted by atomic mass is 19.1. The van der Waals surface area contributed by atoms with Crippen molar-refractivity contribution in [1.29, 1.82) is 0 Å². The van der Waals surface area contributed by atoms with E-state index in [9.17, 15) is 29.0 Å². The van der Waals surface area contributed by atoms with E-state index in [1.807, 2.05) is 27.7 Å². The van der Waals surface area contributed by atoms with Crippen molar-refractivity contribution in [1.82, 2.24) is 15.1 Å². The smallest absolute Gasteiger partial charge is 0.280 e. The molecule has 0 spiro atoms. The van der Waals surface area contributed by atoms with Gasteiger partial charge in [-0.25, -0.2) is 4.39 Å². The average Bonchev–Trinajstić information content (AvgIpc) is 2.88. The van der Waals surface area contributed by atoms with Gasteiger partial charge < -0.3 is 30.4 Å². The number of nitrogens with one attached hydrogen (secondary N) is 2. The van der Waals surface area contributed by atoms with Crippen LogP contribution in [0.15, 0.2) is 36.4 Å². The van der Waals surface area contributed by atoms with Gasteiger partial charge in [0, 0.05) is 50.9 Å². The van der Waals surface area contributed by atoms with Gasteiger partial charge in [-0.05, 0) is 70.4 Å². The molecular weight excluding hydrogens is 543 g/mol. The van der Waals surface area contributed by atoms with E-state index in [4.69, 9.17) is 4.74 Å². The summed E-state index contributed by atoms with van der Waals surface area (Å²) in [5.41, 5.74) is 1.21. The first-order chi connectivity index (χ1) is 19.6. The Morgan fingerprint density at radius 1 is 1.17 bits per heavy atom. The lowest BCUT2D eigenvalue weighted by molar-refractivity contribution is -0.270. The summed E-state index contributed by atoms with van der Waals surface area (Å²) in [6.07, 6.45) is 0.555. The Morgan fingerprint density at radius 2 is 1.83 bits per heavy atom. The third-order valence-corrected chi connectivity index (χ3v) is 7.27. The highest BCUT2D eigenvalue weighted by Gasteiger charge is 2.43. The molecule has 1 aliphatic heterocycles. The Labute approximate surface area is 246 Å². The number of benzene rings is 2. The number of ether oxygens (including phenoxy) is 1. The number of aryl methyl sites for hydroxylation is 1. The minimum atomic E-state index is -2.92. The summed E-state index contributed by atoms with van der Waals surface area (Å²) in [5.74, 6) is -4.01. The number of aliphatic hydroxyl groups is 2. The maximum absolute atomic E-state index is 14.9. The zero-order valence-corrected chi connectivity index (χ0v) is 25.2. The fourth-order valence-electron chi connectivity index (χ4n) is 5.91. The second-order valence-electron chi connectivity index (χ2n) is 12.1. The summed E-state index contributed by atoms with van der Waals surface area (Å²) in [7, 11) is 1.35. The van der Waals surface area contributed by atoms with Crippen LogP contribution >= 0.6 is 0 Å². The van der Waals surface area contributed by atoms with Gasteiger partial charge >= 0.3 is 0 Å². The normalized spacial score (nSPS) is 17.3. The first-order valence-electron chi connectivity index (χ1n) is 14.0. The second kappa shape index (κ2) is 13.3. The maximum Gasteiger partial charge on any atom is 0.280 e. The Kier molecular flexibility index (Phi) is 10.5. The van der Waals surface area contributed by atoms with Crippen molar-refractivity contribution in [2.75, 3.05) is 25.5 Å². The SMILES string of the molecule is CNC(=O)C(CCC=O)N(C=O)C(O)(O)c1c(C)cccc1NCc1cc(CN2CC(C)(C)OC(C)(C)C2)ccc1F. The molecule has 0 bridgehead atoms. The summed E-state index contributed by atoms with van der Waals surface area (Å²) in [4.78, 5) is 38.5. The van der Waals surface area contributed by atoms with Crippen molar-refractivity contribution >= 4 is 24.3 Å². The van der Waals surface area contributed by atoms with Gasteiger partial charge in [-0.15, -0.1) is 0 Å². The highest BCUT2D eigenvalue weighted by Crippen LogP contribution is 2.34. The van der Waals surface area contributed by atoms with Crippen LogP contribution in [-0.2, 0) is 38.1 Å². The molecule has 2 amide bonds. The van der Waals surface area contributed by atoms with Crippen LogP contribution in [0.1, 0.15) is 62.8 Å². The van der Waals surface area contributed by atoms with Gasteiger partial charge in [0.05, 0.1) is 16.8 Å². The number of aldehydes is 1. The monoisotopic (exact) mass is 586 g/mol. The number of amides is 2. The van der Waals surface area contributed by atoms with E-state index in [0.29, 0.717) is 28.9 Å². The number of halogens is 1. The number of likely N-dealkylation sites (N-methyl/N-ethyl adjacent to an activating group) is 1. The van der Waals surface area contributed by atoms with Crippen LogP contribution in [-0.4, -0.2) is 76.0 Å². The maximum atomic E-state index is 14.9. The number of carbonyl (C=O) groups excluding carboxylic acids is 3. The number of anilines is 1. The quantitative estimate of drug-likeness (QED) is 0.208. The van der Waals surface area contributed by atoms with Gasteiger partial charge in [-0.1, -0.05) is 18.2 Å². The molecule has 0 saturated carbocycles. The van der Waals surface area contributed by atoms with Crippen LogP contribution in [0.3, 0.4) is 0 Å². The number of morpholine rings is 1. The van der Waals surface area contributed by atoms with Gasteiger partial charge in [0.15, 0.2) is 0 Å². The van der Waals surface area contributed by atoms with E-state index >= 15 is 0 Å². The van der Waals surface area contributed by atoms with Crippen LogP contribution in [0.4, 0.5) is 10.1 Å². The zero-order chi connectivity index (χ0) is 31.3. The number of rotatable bonds is 13. The Bertz CT molecular complexity index is 1270. The standard InChI is InChI=1S/C31H43FN4O6/c1-21-9-7-10-25(27(21)31(40,41)36(20-38)26(11-8-14-37)28(39)33-6)34-16-23-15-22(12-13-24(23)32)17-35-18-29(2,3)42-30(4,5)19-35/h7,9-10,12-15,20,26,34,40-41H,8,11,16-19H2,1-6H3,(H,33,39). The second-order valence-corrected chi connectivity index (χ2v) is 12.1. The van der Waals surface area contributed by atoms with Gasteiger partial charge in [0.1, 0.15) is 18.1 Å². The van der Waals surface area contributed by atoms with Crippen LogP contribution in [0, 0.1) is 12.7 Å². The third-order valence-electron chi connectivity index (χ3n) is 7.27. The average molecular weight is 587 g/mol. The van der Waals surface area contributed by atoms with Crippen LogP contribution in [0.25, 0.3) is 0 Å². The lowest BCUT2D eigenvalue weighted by atomic mass is 9.98. The number of nitrogens with zero attached hydrogens (tertiary/aromatic N) is 2. The van der Waals surface area contributed by atoms with Gasteiger partial charge in [-0.2, -0.15) is 0 Å². The summed E-state index contributed by atoms with van der Waals surface area (Å²) in [6, 6.07) is 8.49. The molecule has 1 heterocycles. The first kappa shape index (κ1) is 33.1. The largest absolute Gasteiger partial charge is 0.380 e. The van der Waals surface area contributed by atoms with E-state index in [2.05, 4.69) is 15.5 Å². The molecule has 42 heavy (non-hydrogen) atoms. The fraction of sp³-hybridized carbons (Fsp3) is 0.516. The Balaban J connectivity index is 1.88. The summed E-state index contributed by atoms with van der Waals surface area (Å²) in [6.45, 7) is 11.9. The van der Waals surface area contributed by atoms with Crippen LogP contribution in [0.5, 0.6) is 0 Å². The van der Waals surface area contributed by atoms with E-state index in [1.54, 1.807) is 37.3 Å². The molecule has 4 N–H and O–H groups in total. The molecule has 3 rings (SSSR count). The molecule has 1 unspecified atom stereocenters. The number of hydrogen-bond acceptors (Lipinski definition) is 8. The predicted molar refractivity (Wildman–Crippen MR) is 157 cm³/mol. The Morgan fingerprint density at radius 3 is 2.43 bits per heavy atom. The molecule has 0 radical (unpaired) electrons. The minimum absolute atomic E-state index is 0.0113. The van der Waals surface area contributed by atoms with Crippen molar-refractivity contribution in [3.05, 3.63) is 64.5 Å². The lowest BCUT2D eigenvalue weighted by Gasteiger charge is -2.47. The minimum Gasteiger partial charge on any atom is -0.380 e. The molecule has 2 aromatic rings. The summed E-state index contributed by atoms with van der Waals surface area (Å²) in [5, 5.41) is 28.2. The first-order valence-corrected chi connectivity index (χ1v) is 14.0. The zero-order valence-electron chi connectivity index (χ0n) is 25.2. The molecule has 230 valence electrons. The predicted octanol–water partition coefficient (Wildman–Crippen LogP) is 2.78. The summed E-state index contributed by atoms with van der Waals surface area (Å²) >= 11 is 0. The third kappa shape index (κ3) is 7.91. The molecule has 1 saturated heterocycles. The van der Waals surface area contributed by atoms with Gasteiger partial charge in [0.25, 0.3) is 5.91 Å². The van der Waals surface area contributed by atoms with Crippen molar-refractivity contribution in [3.63, 3.8) is 0 Å². The Hall–Kier alpha value is -3.38. The van der Waals surface area contributed by atoms with Gasteiger partial charge in [0.2, 0.25) is 12.3 Å². The molecule has 1 fully saturated rings. The molecule has 11 heteroatoms. The lowest BCUT2D eigenvalue weighted by Crippen LogP contribution is -2.56. The molecule has 1 aliphatic rings. The van der Waals surface area contributed by atoms with Crippen LogP contribution < -0.4 is 10.6 Å². The topological polar surface area (TPSA) is 131 Å². The van der Waals surface area contributed by atoms with E-state index < -0.39 is 23.7 Å². The van der Waals surface area contributed by atoms with Gasteiger partial charge in [-0.3, -0.25) is 19.4 Å². The molecule has 0 aliphatic carbocycles. The van der Waals surface area contributed by atoms with E-state index in [1.165, 1.54) is 13.1 Å².